The van der Waals surface area contributed by atoms with E-state index in [4.69, 9.17) is 0 Å². The van der Waals surface area contributed by atoms with Crippen molar-refractivity contribution in [1.82, 2.24) is 15.3 Å². The lowest BCUT2D eigenvalue weighted by Crippen LogP contribution is -2.28. The van der Waals surface area contributed by atoms with Crippen LogP contribution in [0.3, 0.4) is 0 Å². The topological polar surface area (TPSA) is 74.8 Å². The first kappa shape index (κ1) is 17.4. The molecule has 0 saturated heterocycles. The molecule has 1 heterocycles. The molecule has 5 nitrogen and oxygen atoms in total. The SMILES string of the molecule is Cc1nc(C)c(CCC(=O)N[C@H](C)c2ccccc2Br)c(=O)[nH]1. The van der Waals surface area contributed by atoms with E-state index >= 15 is 0 Å². The molecule has 23 heavy (non-hydrogen) atoms. The zero-order valence-corrected chi connectivity index (χ0v) is 15.0. The maximum Gasteiger partial charge on any atom is 0.254 e. The van der Waals surface area contributed by atoms with Crippen LogP contribution < -0.4 is 10.9 Å². The minimum atomic E-state index is -0.165. The Balaban J connectivity index is 1.99. The Bertz CT molecular complexity index is 771. The summed E-state index contributed by atoms with van der Waals surface area (Å²) in [5.41, 5.74) is 2.10. The smallest absolute Gasteiger partial charge is 0.254 e. The van der Waals surface area contributed by atoms with Gasteiger partial charge >= 0.3 is 0 Å². The molecule has 0 aliphatic heterocycles. The standard InChI is InChI=1S/C17H20BrN3O2/c1-10(13-6-4-5-7-15(13)18)20-16(22)9-8-14-11(2)19-12(3)21-17(14)23/h4-7,10H,8-9H2,1-3H3,(H,20,22)(H,19,21,23)/t10-/m1/s1. The minimum absolute atomic E-state index is 0.0902. The second kappa shape index (κ2) is 7.55. The Hall–Kier alpha value is -1.95. The van der Waals surface area contributed by atoms with Gasteiger partial charge in [-0.25, -0.2) is 4.98 Å². The third-order valence-electron chi connectivity index (χ3n) is 3.69. The molecule has 1 amide bonds. The molecule has 0 radical (unpaired) electrons. The van der Waals surface area contributed by atoms with Crippen molar-refractivity contribution in [3.63, 3.8) is 0 Å². The number of hydrogen-bond donors (Lipinski definition) is 2. The molecule has 122 valence electrons. The van der Waals surface area contributed by atoms with Crippen LogP contribution in [0.2, 0.25) is 0 Å². The van der Waals surface area contributed by atoms with Crippen LogP contribution in [0.15, 0.2) is 33.5 Å². The van der Waals surface area contributed by atoms with E-state index in [-0.39, 0.29) is 23.9 Å². The summed E-state index contributed by atoms with van der Waals surface area (Å²) in [6.07, 6.45) is 0.631. The number of H-pyrrole nitrogens is 1. The molecule has 0 unspecified atom stereocenters. The quantitative estimate of drug-likeness (QED) is 0.840. The van der Waals surface area contributed by atoms with Gasteiger partial charge in [-0.2, -0.15) is 0 Å². The van der Waals surface area contributed by atoms with E-state index in [1.54, 1.807) is 13.8 Å². The van der Waals surface area contributed by atoms with Crippen LogP contribution in [0, 0.1) is 13.8 Å². The molecule has 0 aliphatic carbocycles. The Morgan fingerprint density at radius 1 is 1.35 bits per heavy atom. The van der Waals surface area contributed by atoms with E-state index in [9.17, 15) is 9.59 Å². The average molecular weight is 378 g/mol. The van der Waals surface area contributed by atoms with E-state index in [1.165, 1.54) is 0 Å². The molecule has 2 N–H and O–H groups in total. The number of nitrogens with one attached hydrogen (secondary N) is 2. The molecular weight excluding hydrogens is 358 g/mol. The number of halogens is 1. The van der Waals surface area contributed by atoms with Gasteiger partial charge in [-0.1, -0.05) is 34.1 Å². The molecule has 0 spiro atoms. The molecule has 0 aliphatic rings. The molecule has 1 aromatic heterocycles. The summed E-state index contributed by atoms with van der Waals surface area (Å²) >= 11 is 3.48. The first-order chi connectivity index (χ1) is 10.9. The second-order valence-corrected chi connectivity index (χ2v) is 6.38. The highest BCUT2D eigenvalue weighted by Crippen LogP contribution is 2.22. The number of aromatic amines is 1. The Morgan fingerprint density at radius 2 is 2.04 bits per heavy atom. The number of benzene rings is 1. The number of hydrogen-bond acceptors (Lipinski definition) is 3. The predicted octanol–water partition coefficient (Wildman–Crippen LogP) is 2.96. The van der Waals surface area contributed by atoms with Crippen molar-refractivity contribution < 1.29 is 4.79 Å². The third kappa shape index (κ3) is 4.51. The van der Waals surface area contributed by atoms with Crippen molar-refractivity contribution in [2.75, 3.05) is 0 Å². The summed E-state index contributed by atoms with van der Waals surface area (Å²) in [6.45, 7) is 5.47. The molecule has 1 aromatic carbocycles. The fourth-order valence-corrected chi connectivity index (χ4v) is 3.13. The molecular formula is C17H20BrN3O2. The van der Waals surface area contributed by atoms with Gasteiger partial charge in [-0.3, -0.25) is 9.59 Å². The molecule has 6 heteroatoms. The van der Waals surface area contributed by atoms with Crippen LogP contribution in [0.5, 0.6) is 0 Å². The van der Waals surface area contributed by atoms with E-state index in [1.807, 2.05) is 31.2 Å². The zero-order valence-electron chi connectivity index (χ0n) is 13.4. The van der Waals surface area contributed by atoms with Gasteiger partial charge in [-0.15, -0.1) is 0 Å². The predicted molar refractivity (Wildman–Crippen MR) is 93.4 cm³/mol. The van der Waals surface area contributed by atoms with Gasteiger partial charge < -0.3 is 10.3 Å². The first-order valence-electron chi connectivity index (χ1n) is 7.48. The van der Waals surface area contributed by atoms with Crippen LogP contribution in [0.25, 0.3) is 0 Å². The fourth-order valence-electron chi connectivity index (χ4n) is 2.50. The Kier molecular flexibility index (Phi) is 5.71. The molecule has 0 bridgehead atoms. The van der Waals surface area contributed by atoms with Gasteiger partial charge in [0.05, 0.1) is 6.04 Å². The van der Waals surface area contributed by atoms with Crippen LogP contribution in [0.4, 0.5) is 0 Å². The maximum atomic E-state index is 12.1. The summed E-state index contributed by atoms with van der Waals surface area (Å²) in [5.74, 6) is 0.496. The van der Waals surface area contributed by atoms with Crippen molar-refractivity contribution in [2.24, 2.45) is 0 Å². The highest BCUT2D eigenvalue weighted by atomic mass is 79.9. The first-order valence-corrected chi connectivity index (χ1v) is 8.28. The minimum Gasteiger partial charge on any atom is -0.350 e. The van der Waals surface area contributed by atoms with Crippen LogP contribution in [0.1, 0.15) is 42.0 Å². The molecule has 0 fully saturated rings. The van der Waals surface area contributed by atoms with Gasteiger partial charge in [0, 0.05) is 22.2 Å². The van der Waals surface area contributed by atoms with Gasteiger partial charge in [0.1, 0.15) is 5.82 Å². The monoisotopic (exact) mass is 377 g/mol. The van der Waals surface area contributed by atoms with Crippen LogP contribution >= 0.6 is 15.9 Å². The van der Waals surface area contributed by atoms with Crippen molar-refractivity contribution >= 4 is 21.8 Å². The molecule has 0 saturated carbocycles. The lowest BCUT2D eigenvalue weighted by Gasteiger charge is -2.16. The number of aryl methyl sites for hydroxylation is 2. The summed E-state index contributed by atoms with van der Waals surface area (Å²) in [4.78, 5) is 31.0. The zero-order chi connectivity index (χ0) is 17.0. The number of aromatic nitrogens is 2. The van der Waals surface area contributed by atoms with Crippen molar-refractivity contribution in [2.45, 2.75) is 39.7 Å². The van der Waals surface area contributed by atoms with Crippen molar-refractivity contribution in [3.8, 4) is 0 Å². The van der Waals surface area contributed by atoms with Crippen molar-refractivity contribution in [3.05, 3.63) is 61.7 Å². The van der Waals surface area contributed by atoms with Crippen molar-refractivity contribution in [1.29, 1.82) is 0 Å². The third-order valence-corrected chi connectivity index (χ3v) is 4.41. The second-order valence-electron chi connectivity index (χ2n) is 5.53. The highest BCUT2D eigenvalue weighted by molar-refractivity contribution is 9.10. The number of amides is 1. The normalized spacial score (nSPS) is 12.0. The maximum absolute atomic E-state index is 12.1. The van der Waals surface area contributed by atoms with Gasteiger partial charge in [-0.05, 0) is 38.8 Å². The van der Waals surface area contributed by atoms with Gasteiger partial charge in [0.25, 0.3) is 5.56 Å². The largest absolute Gasteiger partial charge is 0.350 e. The molecule has 1 atom stereocenters. The van der Waals surface area contributed by atoms with E-state index < -0.39 is 0 Å². The van der Waals surface area contributed by atoms with E-state index in [0.29, 0.717) is 23.5 Å². The Morgan fingerprint density at radius 3 is 2.70 bits per heavy atom. The van der Waals surface area contributed by atoms with E-state index in [2.05, 4.69) is 31.2 Å². The highest BCUT2D eigenvalue weighted by Gasteiger charge is 2.14. The van der Waals surface area contributed by atoms with Gasteiger partial charge in [0.2, 0.25) is 5.91 Å². The van der Waals surface area contributed by atoms with Crippen LogP contribution in [-0.2, 0) is 11.2 Å². The summed E-state index contributed by atoms with van der Waals surface area (Å²) in [6, 6.07) is 7.67. The Labute approximate surface area is 143 Å². The summed E-state index contributed by atoms with van der Waals surface area (Å²) in [5, 5.41) is 2.96. The fraction of sp³-hybridized carbons (Fsp3) is 0.353. The summed E-state index contributed by atoms with van der Waals surface area (Å²) in [7, 11) is 0. The molecule has 2 rings (SSSR count). The summed E-state index contributed by atoms with van der Waals surface area (Å²) < 4.78 is 0.961. The average Bonchev–Trinajstić information content (AvgIpc) is 2.46. The van der Waals surface area contributed by atoms with E-state index in [0.717, 1.165) is 10.0 Å². The van der Waals surface area contributed by atoms with Crippen LogP contribution in [-0.4, -0.2) is 15.9 Å². The lowest BCUT2D eigenvalue weighted by molar-refractivity contribution is -0.121. The number of nitrogens with zero attached hydrogens (tertiary/aromatic N) is 1. The number of carbonyl (C=O) groups is 1. The number of rotatable bonds is 5. The van der Waals surface area contributed by atoms with Gasteiger partial charge in [0.15, 0.2) is 0 Å². The molecule has 2 aromatic rings. The lowest BCUT2D eigenvalue weighted by atomic mass is 10.1. The number of carbonyl (C=O) groups excluding carboxylic acids is 1.